The van der Waals surface area contributed by atoms with Gasteiger partial charge >= 0.3 is 0 Å². The smallest absolute Gasteiger partial charge is 0.123 e. The van der Waals surface area contributed by atoms with Crippen LogP contribution in [0.15, 0.2) is 36.4 Å². The molecule has 1 fully saturated rings. The Bertz CT molecular complexity index is 628. The lowest BCUT2D eigenvalue weighted by molar-refractivity contribution is 0.336. The van der Waals surface area contributed by atoms with E-state index >= 15 is 0 Å². The Morgan fingerprint density at radius 1 is 1.14 bits per heavy atom. The maximum Gasteiger partial charge on any atom is 0.123 e. The van der Waals surface area contributed by atoms with Crippen LogP contribution in [-0.4, -0.2) is 13.7 Å². The van der Waals surface area contributed by atoms with Gasteiger partial charge in [-0.05, 0) is 41.0 Å². The summed E-state index contributed by atoms with van der Waals surface area (Å²) in [7, 11) is 1.75. The van der Waals surface area contributed by atoms with Crippen LogP contribution in [0.3, 0.4) is 0 Å². The lowest BCUT2D eigenvalue weighted by Crippen LogP contribution is -2.27. The van der Waals surface area contributed by atoms with E-state index in [1.807, 2.05) is 0 Å². The molecule has 2 aromatic carbocycles. The SMILES string of the molecule is COc1ccc2ccccc2c1CNCC1(C(C)C)CC1. The topological polar surface area (TPSA) is 21.3 Å². The van der Waals surface area contributed by atoms with Crippen LogP contribution in [0.2, 0.25) is 0 Å². The third kappa shape index (κ3) is 2.77. The third-order valence-electron chi connectivity index (χ3n) is 5.11. The molecule has 2 aromatic rings. The molecule has 1 saturated carbocycles. The van der Waals surface area contributed by atoms with E-state index in [1.165, 1.54) is 29.2 Å². The standard InChI is InChI=1S/C19H25NO/c1-14(2)19(10-11-19)13-20-12-17-16-7-5-4-6-15(16)8-9-18(17)21-3/h4-9,14,20H,10-13H2,1-3H3. The molecule has 0 radical (unpaired) electrons. The van der Waals surface area contributed by atoms with Gasteiger partial charge in [-0.2, -0.15) is 0 Å². The summed E-state index contributed by atoms with van der Waals surface area (Å²) < 4.78 is 5.56. The minimum Gasteiger partial charge on any atom is -0.496 e. The van der Waals surface area contributed by atoms with Crippen molar-refractivity contribution in [3.05, 3.63) is 42.0 Å². The molecule has 112 valence electrons. The molecule has 0 bridgehead atoms. The van der Waals surface area contributed by atoms with Gasteiger partial charge in [-0.1, -0.05) is 44.2 Å². The van der Waals surface area contributed by atoms with Gasteiger partial charge in [-0.3, -0.25) is 0 Å². The molecule has 0 amide bonds. The van der Waals surface area contributed by atoms with Crippen LogP contribution < -0.4 is 10.1 Å². The second-order valence-corrected chi connectivity index (χ2v) is 6.59. The van der Waals surface area contributed by atoms with Gasteiger partial charge in [-0.15, -0.1) is 0 Å². The maximum atomic E-state index is 5.56. The monoisotopic (exact) mass is 283 g/mol. The van der Waals surface area contributed by atoms with Crippen LogP contribution >= 0.6 is 0 Å². The van der Waals surface area contributed by atoms with Gasteiger partial charge < -0.3 is 10.1 Å². The number of nitrogens with one attached hydrogen (secondary N) is 1. The molecular formula is C19H25NO. The zero-order chi connectivity index (χ0) is 14.9. The molecular weight excluding hydrogens is 258 g/mol. The summed E-state index contributed by atoms with van der Waals surface area (Å²) in [5, 5.41) is 6.24. The fourth-order valence-electron chi connectivity index (χ4n) is 3.24. The van der Waals surface area contributed by atoms with Crippen LogP contribution in [-0.2, 0) is 6.54 Å². The van der Waals surface area contributed by atoms with E-state index in [2.05, 4.69) is 55.6 Å². The number of fused-ring (bicyclic) bond motifs is 1. The number of hydrogen-bond acceptors (Lipinski definition) is 2. The molecule has 1 aliphatic rings. The van der Waals surface area contributed by atoms with E-state index in [0.717, 1.165) is 24.8 Å². The van der Waals surface area contributed by atoms with E-state index in [-0.39, 0.29) is 0 Å². The number of methoxy groups -OCH3 is 1. The van der Waals surface area contributed by atoms with Gasteiger partial charge in [0.25, 0.3) is 0 Å². The highest BCUT2D eigenvalue weighted by atomic mass is 16.5. The molecule has 0 atom stereocenters. The zero-order valence-electron chi connectivity index (χ0n) is 13.3. The zero-order valence-corrected chi connectivity index (χ0v) is 13.3. The molecule has 1 N–H and O–H groups in total. The summed E-state index contributed by atoms with van der Waals surface area (Å²) in [5.74, 6) is 1.75. The van der Waals surface area contributed by atoms with Gasteiger partial charge in [0.15, 0.2) is 0 Å². The van der Waals surface area contributed by atoms with Gasteiger partial charge in [0.1, 0.15) is 5.75 Å². The molecule has 0 aromatic heterocycles. The Hall–Kier alpha value is -1.54. The molecule has 21 heavy (non-hydrogen) atoms. The minimum absolute atomic E-state index is 0.540. The second kappa shape index (κ2) is 5.69. The summed E-state index contributed by atoms with van der Waals surface area (Å²) in [4.78, 5) is 0. The van der Waals surface area contributed by atoms with Gasteiger partial charge in [0.05, 0.1) is 7.11 Å². The molecule has 0 heterocycles. The lowest BCUT2D eigenvalue weighted by Gasteiger charge is -2.21. The maximum absolute atomic E-state index is 5.56. The molecule has 0 aliphatic heterocycles. The normalized spacial score (nSPS) is 16.4. The Kier molecular flexibility index (Phi) is 3.90. The predicted molar refractivity (Wildman–Crippen MR) is 88.7 cm³/mol. The van der Waals surface area contributed by atoms with E-state index in [4.69, 9.17) is 4.74 Å². The minimum atomic E-state index is 0.540. The van der Waals surface area contributed by atoms with E-state index < -0.39 is 0 Å². The third-order valence-corrected chi connectivity index (χ3v) is 5.11. The van der Waals surface area contributed by atoms with Gasteiger partial charge in [0, 0.05) is 18.7 Å². The van der Waals surface area contributed by atoms with E-state index in [1.54, 1.807) is 7.11 Å². The Labute approximate surface area is 127 Å². The number of benzene rings is 2. The van der Waals surface area contributed by atoms with Crippen LogP contribution in [0, 0.1) is 11.3 Å². The first-order valence-corrected chi connectivity index (χ1v) is 7.92. The van der Waals surface area contributed by atoms with Crippen molar-refractivity contribution in [3.63, 3.8) is 0 Å². The second-order valence-electron chi connectivity index (χ2n) is 6.59. The first-order chi connectivity index (χ1) is 10.2. The average molecular weight is 283 g/mol. The molecule has 3 rings (SSSR count). The molecule has 0 unspecified atom stereocenters. The highest BCUT2D eigenvalue weighted by Crippen LogP contribution is 2.51. The lowest BCUT2D eigenvalue weighted by atomic mass is 9.92. The molecule has 0 saturated heterocycles. The van der Waals surface area contributed by atoms with Gasteiger partial charge in [-0.25, -0.2) is 0 Å². The van der Waals surface area contributed by atoms with E-state index in [0.29, 0.717) is 5.41 Å². The van der Waals surface area contributed by atoms with Crippen molar-refractivity contribution in [3.8, 4) is 5.75 Å². The molecule has 0 spiro atoms. The summed E-state index contributed by atoms with van der Waals surface area (Å²) >= 11 is 0. The number of rotatable bonds is 6. The van der Waals surface area contributed by atoms with Crippen LogP contribution in [0.4, 0.5) is 0 Å². The largest absolute Gasteiger partial charge is 0.496 e. The fourth-order valence-corrected chi connectivity index (χ4v) is 3.24. The highest BCUT2D eigenvalue weighted by molar-refractivity contribution is 5.87. The summed E-state index contributed by atoms with van der Waals surface area (Å²) in [6.45, 7) is 6.66. The van der Waals surface area contributed by atoms with Crippen LogP contribution in [0.1, 0.15) is 32.3 Å². The number of ether oxygens (including phenoxy) is 1. The van der Waals surface area contributed by atoms with Crippen molar-refractivity contribution in [2.75, 3.05) is 13.7 Å². The quantitative estimate of drug-likeness (QED) is 0.849. The van der Waals surface area contributed by atoms with Crippen molar-refractivity contribution in [2.45, 2.75) is 33.2 Å². The van der Waals surface area contributed by atoms with Crippen molar-refractivity contribution in [2.24, 2.45) is 11.3 Å². The first kappa shape index (κ1) is 14.4. The highest BCUT2D eigenvalue weighted by Gasteiger charge is 2.44. The Balaban J connectivity index is 1.79. The van der Waals surface area contributed by atoms with Crippen molar-refractivity contribution in [1.29, 1.82) is 0 Å². The molecule has 2 heteroatoms. The molecule has 1 aliphatic carbocycles. The fraction of sp³-hybridized carbons (Fsp3) is 0.474. The predicted octanol–water partition coefficient (Wildman–Crippen LogP) is 4.37. The van der Waals surface area contributed by atoms with E-state index in [9.17, 15) is 0 Å². The van der Waals surface area contributed by atoms with Gasteiger partial charge in [0.2, 0.25) is 0 Å². The van der Waals surface area contributed by atoms with Crippen molar-refractivity contribution < 1.29 is 4.74 Å². The number of hydrogen-bond donors (Lipinski definition) is 1. The Morgan fingerprint density at radius 3 is 2.57 bits per heavy atom. The Morgan fingerprint density at radius 2 is 1.90 bits per heavy atom. The van der Waals surface area contributed by atoms with Crippen LogP contribution in [0.5, 0.6) is 5.75 Å². The summed E-state index contributed by atoms with van der Waals surface area (Å²) in [6, 6.07) is 12.7. The average Bonchev–Trinajstić information content (AvgIpc) is 3.28. The van der Waals surface area contributed by atoms with Crippen molar-refractivity contribution >= 4 is 10.8 Å². The summed E-state index contributed by atoms with van der Waals surface area (Å²) in [5.41, 5.74) is 1.81. The van der Waals surface area contributed by atoms with Crippen molar-refractivity contribution in [1.82, 2.24) is 5.32 Å². The molecule has 2 nitrogen and oxygen atoms in total. The summed E-state index contributed by atoms with van der Waals surface area (Å²) in [6.07, 6.45) is 2.73. The first-order valence-electron chi connectivity index (χ1n) is 7.92. The van der Waals surface area contributed by atoms with Crippen LogP contribution in [0.25, 0.3) is 10.8 Å².